The second-order valence-electron chi connectivity index (χ2n) is 15.0. The highest BCUT2D eigenvalue weighted by Crippen LogP contribution is 2.42. The first-order valence-corrected chi connectivity index (χ1v) is 20.4. The van der Waals surface area contributed by atoms with Crippen molar-refractivity contribution in [3.05, 3.63) is 188 Å². The second kappa shape index (κ2) is 12.0. The number of rotatable bonds is 4. The average Bonchev–Trinajstić information content (AvgIpc) is 4.02. The van der Waals surface area contributed by atoms with Gasteiger partial charge in [-0.1, -0.05) is 103 Å². The molecule has 0 spiro atoms. The van der Waals surface area contributed by atoms with Crippen molar-refractivity contribution in [3.63, 3.8) is 0 Å². The summed E-state index contributed by atoms with van der Waals surface area (Å²) in [7, 11) is 0. The first-order valence-electron chi connectivity index (χ1n) is 19.6. The van der Waals surface area contributed by atoms with E-state index in [0.29, 0.717) is 0 Å². The highest BCUT2D eigenvalue weighted by Gasteiger charge is 2.21. The van der Waals surface area contributed by atoms with Crippen molar-refractivity contribution in [2.24, 2.45) is 0 Å². The van der Waals surface area contributed by atoms with E-state index in [9.17, 15) is 0 Å². The third kappa shape index (κ3) is 4.40. The largest absolute Gasteiger partial charge is 0.309 e. The fraction of sp³-hybridized carbons (Fsp3) is 0. The molecule has 0 saturated carbocycles. The maximum atomic E-state index is 5.02. The van der Waals surface area contributed by atoms with E-state index < -0.39 is 0 Å². The third-order valence-electron chi connectivity index (χ3n) is 12.0. The Kier molecular flexibility index (Phi) is 6.54. The molecule has 0 amide bonds. The van der Waals surface area contributed by atoms with Crippen molar-refractivity contribution in [1.82, 2.24) is 23.7 Å². The van der Waals surface area contributed by atoms with Gasteiger partial charge in [0.15, 0.2) is 5.82 Å². The van der Waals surface area contributed by atoms with Gasteiger partial charge in [0.2, 0.25) is 0 Å². The predicted molar refractivity (Wildman–Crippen MR) is 243 cm³/mol. The summed E-state index contributed by atoms with van der Waals surface area (Å²) in [5.41, 5.74) is 12.7. The van der Waals surface area contributed by atoms with Crippen LogP contribution in [0.5, 0.6) is 0 Å². The quantitative estimate of drug-likeness (QED) is 0.179. The van der Waals surface area contributed by atoms with Gasteiger partial charge in [0.1, 0.15) is 6.33 Å². The number of benzene rings is 8. The monoisotopic (exact) mass is 757 g/mol. The summed E-state index contributed by atoms with van der Waals surface area (Å²) < 4.78 is 9.34. The minimum absolute atomic E-state index is 0.902. The Bertz CT molecular complexity index is 3750. The van der Waals surface area contributed by atoms with Crippen LogP contribution in [0.4, 0.5) is 0 Å². The van der Waals surface area contributed by atoms with Gasteiger partial charge in [0.25, 0.3) is 0 Å². The normalized spacial score (nSPS) is 12.1. The Morgan fingerprint density at radius 3 is 1.43 bits per heavy atom. The minimum atomic E-state index is 0.902. The van der Waals surface area contributed by atoms with Gasteiger partial charge >= 0.3 is 0 Å². The van der Waals surface area contributed by atoms with Crippen LogP contribution >= 0.6 is 11.3 Å². The summed E-state index contributed by atoms with van der Waals surface area (Å²) in [5.74, 6) is 0.902. The van der Waals surface area contributed by atoms with Crippen LogP contribution in [0.2, 0.25) is 0 Å². The van der Waals surface area contributed by atoms with Crippen molar-refractivity contribution >= 4 is 97.1 Å². The van der Waals surface area contributed by atoms with E-state index in [1.54, 1.807) is 17.7 Å². The lowest BCUT2D eigenvalue weighted by Gasteiger charge is -2.09. The first-order chi connectivity index (χ1) is 28.8. The van der Waals surface area contributed by atoms with E-state index in [4.69, 9.17) is 9.97 Å². The zero-order valence-corrected chi connectivity index (χ0v) is 31.9. The molecule has 0 fully saturated rings. The topological polar surface area (TPSA) is 40.6 Å². The van der Waals surface area contributed by atoms with Crippen LogP contribution in [0.25, 0.3) is 114 Å². The lowest BCUT2D eigenvalue weighted by Crippen LogP contribution is -1.98. The number of fused-ring (bicyclic) bond motifs is 12. The van der Waals surface area contributed by atoms with E-state index >= 15 is 0 Å². The second-order valence-corrected chi connectivity index (χ2v) is 16.1. The molecule has 0 unspecified atom stereocenters. The van der Waals surface area contributed by atoms with Crippen LogP contribution in [0.3, 0.4) is 0 Å². The Morgan fingerprint density at radius 1 is 0.345 bits per heavy atom. The SMILES string of the molecule is c1ccc(-n2c3ccccc3c3cc(-c4ccc5c(c4)c4ccccc4n5-c4ncnc5c4sc4ccc(-n6c7ccccc7c7ccccc76)cc45)ccc32)cc1. The van der Waals surface area contributed by atoms with Crippen LogP contribution in [-0.4, -0.2) is 23.7 Å². The van der Waals surface area contributed by atoms with Crippen molar-refractivity contribution in [3.8, 4) is 28.3 Å². The standard InChI is InChI=1S/C52H31N5S/c1-2-12-34(13-3-1)55-45-20-10-6-16-38(45)40-28-32(22-25-47(40)55)33-23-26-48-41(29-33)39-17-7-11-21-46(39)57(48)52-51-50(53-31-54-52)42-30-35(24-27-49(42)58-51)56-43-18-8-4-14-36(43)37-15-5-9-19-44(37)56/h1-31H. The summed E-state index contributed by atoms with van der Waals surface area (Å²) >= 11 is 1.76. The van der Waals surface area contributed by atoms with E-state index in [1.165, 1.54) is 70.2 Å². The molecule has 0 N–H and O–H groups in total. The van der Waals surface area contributed by atoms with Crippen LogP contribution in [0, 0.1) is 0 Å². The fourth-order valence-corrected chi connectivity index (χ4v) is 10.6. The molecular formula is C52H31N5S. The van der Waals surface area contributed by atoms with Gasteiger partial charge in [-0.2, -0.15) is 0 Å². The Morgan fingerprint density at radius 2 is 0.828 bits per heavy atom. The summed E-state index contributed by atoms with van der Waals surface area (Å²) in [6, 6.07) is 65.9. The maximum absolute atomic E-state index is 5.02. The highest BCUT2D eigenvalue weighted by atomic mass is 32.1. The van der Waals surface area contributed by atoms with Crippen LogP contribution in [0.15, 0.2) is 188 Å². The van der Waals surface area contributed by atoms with E-state index in [2.05, 4.69) is 196 Å². The Hall–Kier alpha value is -7.54. The van der Waals surface area contributed by atoms with Gasteiger partial charge in [-0.3, -0.25) is 4.57 Å². The van der Waals surface area contributed by atoms with Crippen LogP contribution < -0.4 is 0 Å². The molecule has 8 aromatic carbocycles. The van der Waals surface area contributed by atoms with E-state index in [1.807, 2.05) is 0 Å². The number of hydrogen-bond donors (Lipinski definition) is 0. The smallest absolute Gasteiger partial charge is 0.159 e. The number of hydrogen-bond acceptors (Lipinski definition) is 3. The lowest BCUT2D eigenvalue weighted by atomic mass is 10.0. The molecule has 5 nitrogen and oxygen atoms in total. The van der Waals surface area contributed by atoms with E-state index in [0.717, 1.165) is 43.8 Å². The first kappa shape index (κ1) is 31.6. The summed E-state index contributed by atoms with van der Waals surface area (Å²) in [6.07, 6.45) is 1.73. The molecule has 0 radical (unpaired) electrons. The number of para-hydroxylation sites is 5. The van der Waals surface area contributed by atoms with Gasteiger partial charge in [-0.15, -0.1) is 11.3 Å². The number of thiophene rings is 1. The minimum Gasteiger partial charge on any atom is -0.309 e. The van der Waals surface area contributed by atoms with Gasteiger partial charge < -0.3 is 9.13 Å². The Balaban J connectivity index is 0.983. The molecule has 5 aromatic heterocycles. The average molecular weight is 758 g/mol. The molecule has 0 aliphatic rings. The summed E-state index contributed by atoms with van der Waals surface area (Å²) in [6.45, 7) is 0. The zero-order valence-electron chi connectivity index (χ0n) is 31.0. The van der Waals surface area contributed by atoms with Gasteiger partial charge in [0.05, 0.1) is 43.3 Å². The molecule has 5 heterocycles. The molecular weight excluding hydrogens is 727 g/mol. The third-order valence-corrected chi connectivity index (χ3v) is 13.1. The van der Waals surface area contributed by atoms with E-state index in [-0.39, 0.29) is 0 Å². The van der Waals surface area contributed by atoms with Crippen molar-refractivity contribution < 1.29 is 0 Å². The molecule has 13 rings (SSSR count). The van der Waals surface area contributed by atoms with Crippen LogP contribution in [-0.2, 0) is 0 Å². The molecule has 0 bridgehead atoms. The van der Waals surface area contributed by atoms with Gasteiger partial charge in [0, 0.05) is 53.8 Å². The summed E-state index contributed by atoms with van der Waals surface area (Å²) in [5, 5.41) is 8.53. The molecule has 0 aliphatic heterocycles. The number of nitrogens with zero attached hydrogens (tertiary/aromatic N) is 5. The van der Waals surface area contributed by atoms with Crippen molar-refractivity contribution in [2.45, 2.75) is 0 Å². The van der Waals surface area contributed by atoms with Gasteiger partial charge in [-0.25, -0.2) is 9.97 Å². The van der Waals surface area contributed by atoms with Crippen molar-refractivity contribution in [1.29, 1.82) is 0 Å². The van der Waals surface area contributed by atoms with Crippen molar-refractivity contribution in [2.75, 3.05) is 0 Å². The predicted octanol–water partition coefficient (Wildman–Crippen LogP) is 13.8. The molecule has 0 saturated heterocycles. The Labute approximate surface area is 335 Å². The molecule has 270 valence electrons. The molecule has 0 aliphatic carbocycles. The van der Waals surface area contributed by atoms with Gasteiger partial charge in [-0.05, 0) is 90.0 Å². The molecule has 13 aromatic rings. The van der Waals surface area contributed by atoms with Crippen LogP contribution in [0.1, 0.15) is 0 Å². The molecule has 0 atom stereocenters. The lowest BCUT2D eigenvalue weighted by molar-refractivity contribution is 1.08. The molecule has 6 heteroatoms. The zero-order chi connectivity index (χ0) is 37.9. The molecule has 58 heavy (non-hydrogen) atoms. The highest BCUT2D eigenvalue weighted by molar-refractivity contribution is 7.26. The summed E-state index contributed by atoms with van der Waals surface area (Å²) in [4.78, 5) is 9.97. The maximum Gasteiger partial charge on any atom is 0.159 e. The number of aromatic nitrogens is 5. The fourth-order valence-electron chi connectivity index (χ4n) is 9.44.